The first kappa shape index (κ1) is 12.4. The standard InChI is InChI=1S/C15H23NO/c1-4-12-8-5-6-9-13(12)16-11-7-10-14(17)15(16,2)3/h5-6,8-9,14,17H,4,7,10-11H2,1-3H3. The molecular weight excluding hydrogens is 210 g/mol. The van der Waals surface area contributed by atoms with E-state index < -0.39 is 0 Å². The second-order valence-corrected chi connectivity index (χ2v) is 5.45. The molecule has 1 unspecified atom stereocenters. The quantitative estimate of drug-likeness (QED) is 0.849. The third-order valence-corrected chi connectivity index (χ3v) is 4.03. The zero-order chi connectivity index (χ0) is 12.5. The monoisotopic (exact) mass is 233 g/mol. The molecule has 1 atom stereocenters. The van der Waals surface area contributed by atoms with E-state index in [2.05, 4.69) is 49.9 Å². The topological polar surface area (TPSA) is 23.5 Å². The van der Waals surface area contributed by atoms with Crippen molar-refractivity contribution in [2.24, 2.45) is 0 Å². The second-order valence-electron chi connectivity index (χ2n) is 5.45. The van der Waals surface area contributed by atoms with Crippen molar-refractivity contribution in [3.63, 3.8) is 0 Å². The van der Waals surface area contributed by atoms with Crippen molar-refractivity contribution in [3.05, 3.63) is 29.8 Å². The van der Waals surface area contributed by atoms with Crippen LogP contribution in [0.1, 0.15) is 39.2 Å². The van der Waals surface area contributed by atoms with Gasteiger partial charge in [-0.25, -0.2) is 0 Å². The number of para-hydroxylation sites is 1. The van der Waals surface area contributed by atoms with E-state index in [1.54, 1.807) is 0 Å². The molecule has 0 spiro atoms. The van der Waals surface area contributed by atoms with Gasteiger partial charge in [-0.2, -0.15) is 0 Å². The number of aryl methyl sites for hydroxylation is 1. The first-order valence-electron chi connectivity index (χ1n) is 6.61. The van der Waals surface area contributed by atoms with Crippen molar-refractivity contribution >= 4 is 5.69 Å². The molecule has 2 rings (SSSR count). The van der Waals surface area contributed by atoms with Gasteiger partial charge >= 0.3 is 0 Å². The minimum absolute atomic E-state index is 0.163. The normalized spacial score (nSPS) is 23.8. The van der Waals surface area contributed by atoms with Crippen LogP contribution in [0.25, 0.3) is 0 Å². The molecule has 0 aromatic heterocycles. The Kier molecular flexibility index (Phi) is 3.43. The van der Waals surface area contributed by atoms with Crippen LogP contribution in [0.2, 0.25) is 0 Å². The van der Waals surface area contributed by atoms with E-state index >= 15 is 0 Å². The molecule has 1 saturated heterocycles. The largest absolute Gasteiger partial charge is 0.391 e. The summed E-state index contributed by atoms with van der Waals surface area (Å²) in [5.74, 6) is 0. The van der Waals surface area contributed by atoms with Crippen molar-refractivity contribution in [2.45, 2.75) is 51.7 Å². The van der Waals surface area contributed by atoms with Crippen molar-refractivity contribution in [3.8, 4) is 0 Å². The molecule has 0 amide bonds. The smallest absolute Gasteiger partial charge is 0.0767 e. The van der Waals surface area contributed by atoms with Gasteiger partial charge in [-0.3, -0.25) is 0 Å². The van der Waals surface area contributed by atoms with E-state index in [1.807, 2.05) is 0 Å². The highest BCUT2D eigenvalue weighted by molar-refractivity contribution is 5.56. The summed E-state index contributed by atoms with van der Waals surface area (Å²) < 4.78 is 0. The summed E-state index contributed by atoms with van der Waals surface area (Å²) in [4.78, 5) is 2.38. The van der Waals surface area contributed by atoms with Crippen LogP contribution in [0.3, 0.4) is 0 Å². The number of nitrogens with zero attached hydrogens (tertiary/aromatic N) is 1. The lowest BCUT2D eigenvalue weighted by Gasteiger charge is -2.48. The van der Waals surface area contributed by atoms with Gasteiger partial charge in [0.25, 0.3) is 0 Å². The van der Waals surface area contributed by atoms with Gasteiger partial charge in [-0.05, 0) is 44.7 Å². The summed E-state index contributed by atoms with van der Waals surface area (Å²) in [5.41, 5.74) is 2.50. The number of rotatable bonds is 2. The molecule has 94 valence electrons. The highest BCUT2D eigenvalue weighted by Gasteiger charge is 2.37. The summed E-state index contributed by atoms with van der Waals surface area (Å²) in [7, 11) is 0. The van der Waals surface area contributed by atoms with Gasteiger partial charge in [-0.15, -0.1) is 0 Å². The molecule has 17 heavy (non-hydrogen) atoms. The Bertz CT molecular complexity index is 386. The average molecular weight is 233 g/mol. The van der Waals surface area contributed by atoms with Gasteiger partial charge < -0.3 is 10.0 Å². The maximum atomic E-state index is 10.2. The third-order valence-electron chi connectivity index (χ3n) is 4.03. The highest BCUT2D eigenvalue weighted by Crippen LogP contribution is 2.34. The average Bonchev–Trinajstić information content (AvgIpc) is 2.33. The van der Waals surface area contributed by atoms with Crippen LogP contribution in [0, 0.1) is 0 Å². The molecule has 1 aromatic carbocycles. The zero-order valence-electron chi connectivity index (χ0n) is 11.1. The van der Waals surface area contributed by atoms with Gasteiger partial charge in [0.15, 0.2) is 0 Å². The molecule has 1 aromatic rings. The molecule has 0 saturated carbocycles. The molecule has 0 radical (unpaired) electrons. The molecule has 1 fully saturated rings. The van der Waals surface area contributed by atoms with Crippen LogP contribution in [0.4, 0.5) is 5.69 Å². The van der Waals surface area contributed by atoms with E-state index in [0.29, 0.717) is 0 Å². The predicted molar refractivity (Wildman–Crippen MR) is 72.5 cm³/mol. The van der Waals surface area contributed by atoms with Crippen LogP contribution in [-0.4, -0.2) is 23.3 Å². The highest BCUT2D eigenvalue weighted by atomic mass is 16.3. The first-order valence-corrected chi connectivity index (χ1v) is 6.61. The van der Waals surface area contributed by atoms with Crippen LogP contribution < -0.4 is 4.90 Å². The predicted octanol–water partition coefficient (Wildman–Crippen LogP) is 2.99. The molecular formula is C15H23NO. The summed E-state index contributed by atoms with van der Waals surface area (Å²) in [6.07, 6.45) is 2.79. The van der Waals surface area contributed by atoms with Gasteiger partial charge in [-0.1, -0.05) is 25.1 Å². The van der Waals surface area contributed by atoms with E-state index in [-0.39, 0.29) is 11.6 Å². The summed E-state index contributed by atoms with van der Waals surface area (Å²) in [6, 6.07) is 8.55. The SMILES string of the molecule is CCc1ccccc1N1CCCC(O)C1(C)C. The summed E-state index contributed by atoms with van der Waals surface area (Å²) in [5, 5.41) is 10.2. The Morgan fingerprint density at radius 1 is 1.35 bits per heavy atom. The number of benzene rings is 1. The Labute approximate surface area is 104 Å². The van der Waals surface area contributed by atoms with Gasteiger partial charge in [0.05, 0.1) is 11.6 Å². The van der Waals surface area contributed by atoms with Crippen molar-refractivity contribution in [1.82, 2.24) is 0 Å². The van der Waals surface area contributed by atoms with E-state index in [9.17, 15) is 5.11 Å². The molecule has 1 aliphatic rings. The fourth-order valence-electron chi connectivity index (χ4n) is 2.77. The van der Waals surface area contributed by atoms with Crippen LogP contribution >= 0.6 is 0 Å². The summed E-state index contributed by atoms with van der Waals surface area (Å²) >= 11 is 0. The molecule has 1 N–H and O–H groups in total. The van der Waals surface area contributed by atoms with Crippen molar-refractivity contribution in [2.75, 3.05) is 11.4 Å². The number of aliphatic hydroxyl groups excluding tert-OH is 1. The minimum Gasteiger partial charge on any atom is -0.391 e. The lowest BCUT2D eigenvalue weighted by Crippen LogP contribution is -2.56. The first-order chi connectivity index (χ1) is 8.07. The number of hydrogen-bond donors (Lipinski definition) is 1. The molecule has 1 heterocycles. The fourth-order valence-corrected chi connectivity index (χ4v) is 2.77. The second kappa shape index (κ2) is 4.69. The van der Waals surface area contributed by atoms with Crippen molar-refractivity contribution < 1.29 is 5.11 Å². The van der Waals surface area contributed by atoms with Crippen LogP contribution in [-0.2, 0) is 6.42 Å². The van der Waals surface area contributed by atoms with E-state index in [1.165, 1.54) is 11.3 Å². The maximum Gasteiger partial charge on any atom is 0.0767 e. The molecule has 2 nitrogen and oxygen atoms in total. The lowest BCUT2D eigenvalue weighted by molar-refractivity contribution is 0.0711. The minimum atomic E-state index is -0.235. The number of aliphatic hydroxyl groups is 1. The zero-order valence-corrected chi connectivity index (χ0v) is 11.1. The Hall–Kier alpha value is -1.02. The summed E-state index contributed by atoms with van der Waals surface area (Å²) in [6.45, 7) is 7.51. The van der Waals surface area contributed by atoms with E-state index in [0.717, 1.165) is 25.8 Å². The Morgan fingerprint density at radius 2 is 2.06 bits per heavy atom. The van der Waals surface area contributed by atoms with E-state index in [4.69, 9.17) is 0 Å². The van der Waals surface area contributed by atoms with Crippen LogP contribution in [0.5, 0.6) is 0 Å². The number of hydrogen-bond acceptors (Lipinski definition) is 2. The maximum absolute atomic E-state index is 10.2. The van der Waals surface area contributed by atoms with Gasteiger partial charge in [0.1, 0.15) is 0 Å². The Balaban J connectivity index is 2.38. The fraction of sp³-hybridized carbons (Fsp3) is 0.600. The van der Waals surface area contributed by atoms with Crippen LogP contribution in [0.15, 0.2) is 24.3 Å². The van der Waals surface area contributed by atoms with Gasteiger partial charge in [0, 0.05) is 12.2 Å². The molecule has 1 aliphatic heterocycles. The number of piperidine rings is 1. The van der Waals surface area contributed by atoms with Gasteiger partial charge in [0.2, 0.25) is 0 Å². The molecule has 2 heteroatoms. The Morgan fingerprint density at radius 3 is 2.76 bits per heavy atom. The molecule has 0 aliphatic carbocycles. The lowest BCUT2D eigenvalue weighted by atomic mass is 9.86. The number of anilines is 1. The third kappa shape index (κ3) is 2.19. The van der Waals surface area contributed by atoms with Crippen molar-refractivity contribution in [1.29, 1.82) is 0 Å². The molecule has 0 bridgehead atoms.